The quantitative estimate of drug-likeness (QED) is 0.192. The van der Waals surface area contributed by atoms with Gasteiger partial charge >= 0.3 is 0 Å². The molecule has 0 radical (unpaired) electrons. The summed E-state index contributed by atoms with van der Waals surface area (Å²) in [7, 11) is 0. The van der Waals surface area contributed by atoms with Crippen molar-refractivity contribution >= 4 is 41.3 Å². The molecule has 1 aromatic heterocycles. The smallest absolute Gasteiger partial charge is 0.191 e. The average Bonchev–Trinajstić information content (AvgIpc) is 3.09. The van der Waals surface area contributed by atoms with Crippen molar-refractivity contribution in [3.8, 4) is 0 Å². The lowest BCUT2D eigenvalue weighted by molar-refractivity contribution is 0.134. The lowest BCUT2D eigenvalue weighted by Crippen LogP contribution is -2.38. The molecule has 0 saturated carbocycles. The highest BCUT2D eigenvalue weighted by Gasteiger charge is 2.00. The van der Waals surface area contributed by atoms with E-state index in [0.717, 1.165) is 75.2 Å². The largest absolute Gasteiger partial charge is 0.381 e. The summed E-state index contributed by atoms with van der Waals surface area (Å²) in [6, 6.07) is 10.5. The van der Waals surface area contributed by atoms with Crippen LogP contribution in [0.25, 0.3) is 0 Å². The van der Waals surface area contributed by atoms with E-state index in [4.69, 9.17) is 4.74 Å². The first-order valence-corrected chi connectivity index (χ1v) is 10.7. The monoisotopic (exact) mass is 516 g/mol. The molecule has 0 aliphatic carbocycles. The molecule has 1 aromatic carbocycles. The Morgan fingerprint density at radius 1 is 1.11 bits per heavy atom. The van der Waals surface area contributed by atoms with Gasteiger partial charge in [0.05, 0.1) is 17.3 Å². The Kier molecular flexibility index (Phi) is 13.9. The molecule has 28 heavy (non-hydrogen) atoms. The summed E-state index contributed by atoms with van der Waals surface area (Å²) >= 11 is 1.70. The van der Waals surface area contributed by atoms with Gasteiger partial charge in [-0.1, -0.05) is 30.3 Å². The predicted molar refractivity (Wildman–Crippen MR) is 130 cm³/mol. The zero-order valence-corrected chi connectivity index (χ0v) is 20.1. The maximum absolute atomic E-state index is 5.72. The van der Waals surface area contributed by atoms with Gasteiger partial charge in [-0.2, -0.15) is 0 Å². The second-order valence-electron chi connectivity index (χ2n) is 6.35. The van der Waals surface area contributed by atoms with Crippen LogP contribution < -0.4 is 10.6 Å². The zero-order chi connectivity index (χ0) is 19.2. The maximum atomic E-state index is 5.72. The Hall–Kier alpha value is -1.19. The third-order valence-corrected chi connectivity index (χ3v) is 4.85. The van der Waals surface area contributed by atoms with Gasteiger partial charge in [-0.3, -0.25) is 4.99 Å². The molecule has 7 heteroatoms. The molecule has 0 aliphatic rings. The topological polar surface area (TPSA) is 58.5 Å². The summed E-state index contributed by atoms with van der Waals surface area (Å²) in [4.78, 5) is 9.12. The second kappa shape index (κ2) is 15.7. The zero-order valence-electron chi connectivity index (χ0n) is 16.9. The molecule has 0 fully saturated rings. The van der Waals surface area contributed by atoms with Crippen LogP contribution in [0.1, 0.15) is 36.0 Å². The molecule has 2 N–H and O–H groups in total. The van der Waals surface area contributed by atoms with E-state index in [0.29, 0.717) is 0 Å². The van der Waals surface area contributed by atoms with E-state index in [9.17, 15) is 0 Å². The number of thiazole rings is 1. The number of nitrogens with one attached hydrogen (secondary N) is 2. The van der Waals surface area contributed by atoms with Gasteiger partial charge in [0, 0.05) is 38.0 Å². The van der Waals surface area contributed by atoms with Crippen LogP contribution in [0, 0.1) is 6.92 Å². The van der Waals surface area contributed by atoms with Gasteiger partial charge in [0.1, 0.15) is 0 Å². The molecule has 0 atom stereocenters. The first kappa shape index (κ1) is 24.8. The number of unbranched alkanes of at least 4 members (excludes halogenated alkanes) is 1. The second-order valence-corrected chi connectivity index (χ2v) is 7.41. The van der Waals surface area contributed by atoms with Crippen LogP contribution in [0.5, 0.6) is 0 Å². The van der Waals surface area contributed by atoms with E-state index >= 15 is 0 Å². The molecule has 0 aliphatic heterocycles. The Morgan fingerprint density at radius 3 is 2.64 bits per heavy atom. The van der Waals surface area contributed by atoms with E-state index in [-0.39, 0.29) is 24.0 Å². The van der Waals surface area contributed by atoms with Gasteiger partial charge in [-0.25, -0.2) is 4.98 Å². The van der Waals surface area contributed by atoms with Crippen LogP contribution in [0.2, 0.25) is 0 Å². The van der Waals surface area contributed by atoms with Crippen LogP contribution >= 0.6 is 35.3 Å². The molecule has 0 unspecified atom stereocenters. The van der Waals surface area contributed by atoms with Crippen LogP contribution in [0.15, 0.2) is 40.7 Å². The van der Waals surface area contributed by atoms with Crippen LogP contribution in [-0.4, -0.2) is 43.8 Å². The van der Waals surface area contributed by atoms with Gasteiger partial charge < -0.3 is 15.4 Å². The van der Waals surface area contributed by atoms with Crippen LogP contribution in [0.4, 0.5) is 0 Å². The summed E-state index contributed by atoms with van der Waals surface area (Å²) in [6.45, 7) is 8.23. The van der Waals surface area contributed by atoms with Crippen molar-refractivity contribution in [2.75, 3.05) is 32.8 Å². The molecule has 0 amide bonds. The molecule has 0 bridgehead atoms. The third-order valence-electron chi connectivity index (χ3n) is 4.03. The Morgan fingerprint density at radius 2 is 1.93 bits per heavy atom. The van der Waals surface area contributed by atoms with Crippen molar-refractivity contribution in [3.63, 3.8) is 0 Å². The maximum Gasteiger partial charge on any atom is 0.191 e. The fourth-order valence-electron chi connectivity index (χ4n) is 2.62. The molecular weight excluding hydrogens is 483 g/mol. The van der Waals surface area contributed by atoms with Crippen molar-refractivity contribution in [3.05, 3.63) is 52.0 Å². The number of ether oxygens (including phenoxy) is 1. The molecule has 5 nitrogen and oxygen atoms in total. The Balaban J connectivity index is 0.00000392. The van der Waals surface area contributed by atoms with Crippen molar-refractivity contribution in [1.82, 2.24) is 15.6 Å². The number of hydrogen-bond acceptors (Lipinski definition) is 4. The standard InChI is InChI=1S/C21H32N4OS.HI/c1-3-22-21(24-14-11-20-17-27-18(2)25-20)23-13-7-8-15-26-16-12-19-9-5-4-6-10-19;/h4-6,9-10,17H,3,7-8,11-16H2,1-2H3,(H2,22,23,24);1H. The highest BCUT2D eigenvalue weighted by molar-refractivity contribution is 14.0. The van der Waals surface area contributed by atoms with Gasteiger partial charge in [0.15, 0.2) is 5.96 Å². The highest BCUT2D eigenvalue weighted by atomic mass is 127. The summed E-state index contributed by atoms with van der Waals surface area (Å²) in [6.07, 6.45) is 3.97. The minimum absolute atomic E-state index is 0. The number of aryl methyl sites for hydroxylation is 1. The number of aliphatic imine (C=N–C) groups is 1. The first-order valence-electron chi connectivity index (χ1n) is 9.82. The average molecular weight is 516 g/mol. The van der Waals surface area contributed by atoms with E-state index in [1.54, 1.807) is 11.3 Å². The van der Waals surface area contributed by atoms with Crippen LogP contribution in [-0.2, 0) is 17.6 Å². The van der Waals surface area contributed by atoms with Gasteiger partial charge in [-0.05, 0) is 38.7 Å². The van der Waals surface area contributed by atoms with Gasteiger partial charge in [0.2, 0.25) is 0 Å². The Labute approximate surface area is 190 Å². The van der Waals surface area contributed by atoms with E-state index in [1.807, 2.05) is 13.0 Å². The summed E-state index contributed by atoms with van der Waals surface area (Å²) in [5.41, 5.74) is 2.48. The third kappa shape index (κ3) is 11.0. The number of benzene rings is 1. The SMILES string of the molecule is CCNC(=NCCCCOCCc1ccccc1)NCCc1csc(C)n1.I. The van der Waals surface area contributed by atoms with Crippen molar-refractivity contribution in [2.45, 2.75) is 39.5 Å². The van der Waals surface area contributed by atoms with Crippen LogP contribution in [0.3, 0.4) is 0 Å². The number of halogens is 1. The molecule has 2 rings (SSSR count). The fraction of sp³-hybridized carbons (Fsp3) is 0.524. The Bertz CT molecular complexity index is 663. The summed E-state index contributed by atoms with van der Waals surface area (Å²) < 4.78 is 5.72. The minimum Gasteiger partial charge on any atom is -0.381 e. The van der Waals surface area contributed by atoms with Crippen molar-refractivity contribution in [1.29, 1.82) is 0 Å². The molecule has 2 aromatic rings. The lowest BCUT2D eigenvalue weighted by atomic mass is 10.2. The van der Waals surface area contributed by atoms with E-state index < -0.39 is 0 Å². The minimum atomic E-state index is 0. The number of nitrogens with zero attached hydrogens (tertiary/aromatic N) is 2. The number of hydrogen-bond donors (Lipinski definition) is 2. The van der Waals surface area contributed by atoms with E-state index in [1.165, 1.54) is 5.56 Å². The normalized spacial score (nSPS) is 11.1. The molecule has 0 spiro atoms. The number of rotatable bonds is 12. The molecule has 0 saturated heterocycles. The number of guanidine groups is 1. The summed E-state index contributed by atoms with van der Waals surface area (Å²) in [5, 5.41) is 9.92. The number of aromatic nitrogens is 1. The molecule has 156 valence electrons. The molecule has 1 heterocycles. The predicted octanol–water partition coefficient (Wildman–Crippen LogP) is 4.21. The van der Waals surface area contributed by atoms with Crippen molar-refractivity contribution in [2.24, 2.45) is 4.99 Å². The summed E-state index contributed by atoms with van der Waals surface area (Å²) in [5.74, 6) is 0.884. The van der Waals surface area contributed by atoms with E-state index in [2.05, 4.69) is 57.2 Å². The van der Waals surface area contributed by atoms with Gasteiger partial charge in [-0.15, -0.1) is 35.3 Å². The first-order chi connectivity index (χ1) is 13.3. The highest BCUT2D eigenvalue weighted by Crippen LogP contribution is 2.07. The van der Waals surface area contributed by atoms with Gasteiger partial charge in [0.25, 0.3) is 0 Å². The molecular formula is C21H33IN4OS. The van der Waals surface area contributed by atoms with Crippen molar-refractivity contribution < 1.29 is 4.74 Å². The fourth-order valence-corrected chi connectivity index (χ4v) is 3.26. The lowest BCUT2D eigenvalue weighted by Gasteiger charge is -2.10.